The van der Waals surface area contributed by atoms with E-state index in [-0.39, 0.29) is 18.9 Å². The maximum absolute atomic E-state index is 10.6. The minimum atomic E-state index is -0.864. The Hall–Kier alpha value is -2.44. The van der Waals surface area contributed by atoms with Crippen molar-refractivity contribution < 1.29 is 14.6 Å². The van der Waals surface area contributed by atoms with Crippen LogP contribution in [0.15, 0.2) is 24.3 Å². The number of aryl methyl sites for hydroxylation is 1. The highest BCUT2D eigenvalue weighted by atomic mass is 16.5. The van der Waals surface area contributed by atoms with Crippen molar-refractivity contribution in [3.8, 4) is 5.75 Å². The molecule has 0 aliphatic carbocycles. The summed E-state index contributed by atoms with van der Waals surface area (Å²) in [4.78, 5) is 10.6. The number of carboxylic acids is 1. The number of para-hydroxylation sites is 1. The Morgan fingerprint density at radius 3 is 3.15 bits per heavy atom. The van der Waals surface area contributed by atoms with Gasteiger partial charge in [-0.1, -0.05) is 18.2 Å². The number of ether oxygens (including phenoxy) is 1. The molecule has 7 nitrogen and oxygen atoms in total. The van der Waals surface area contributed by atoms with Crippen molar-refractivity contribution in [2.24, 2.45) is 0 Å². The molecule has 104 valence electrons. The number of nitrogens with zero attached hydrogens (tertiary/aromatic N) is 4. The van der Waals surface area contributed by atoms with E-state index in [0.717, 1.165) is 17.7 Å². The molecule has 1 aliphatic rings. The van der Waals surface area contributed by atoms with Crippen LogP contribution in [0.1, 0.15) is 23.7 Å². The van der Waals surface area contributed by atoms with E-state index in [9.17, 15) is 4.79 Å². The topological polar surface area (TPSA) is 90.1 Å². The zero-order chi connectivity index (χ0) is 13.9. The zero-order valence-corrected chi connectivity index (χ0v) is 10.8. The minimum absolute atomic E-state index is 0.00219. The van der Waals surface area contributed by atoms with Crippen LogP contribution in [-0.4, -0.2) is 37.9 Å². The fraction of sp³-hybridized carbons (Fsp3) is 0.385. The lowest BCUT2D eigenvalue weighted by Gasteiger charge is -2.24. The maximum atomic E-state index is 10.6. The van der Waals surface area contributed by atoms with Gasteiger partial charge in [-0.15, -0.1) is 5.10 Å². The summed E-state index contributed by atoms with van der Waals surface area (Å²) < 4.78 is 7.27. The highest BCUT2D eigenvalue weighted by Gasteiger charge is 2.26. The molecule has 2 aromatic rings. The zero-order valence-electron chi connectivity index (χ0n) is 10.8. The second-order valence-electron chi connectivity index (χ2n) is 4.72. The molecule has 3 rings (SSSR count). The van der Waals surface area contributed by atoms with Gasteiger partial charge in [0, 0.05) is 0 Å². The van der Waals surface area contributed by atoms with Crippen molar-refractivity contribution in [2.45, 2.75) is 25.3 Å². The number of hydrogen-bond acceptors (Lipinski definition) is 5. The Morgan fingerprint density at radius 2 is 2.30 bits per heavy atom. The molecule has 0 radical (unpaired) electrons. The first-order valence-corrected chi connectivity index (χ1v) is 6.42. The molecule has 1 aliphatic heterocycles. The maximum Gasteiger partial charge on any atom is 0.305 e. The van der Waals surface area contributed by atoms with E-state index in [4.69, 9.17) is 9.84 Å². The standard InChI is InChI=1S/C13H14N4O3/c18-12(19)5-6-17-13(14-15-16-17)10-7-9-3-1-2-4-11(9)20-8-10/h1-4,10H,5-8H2,(H,18,19). The Balaban J connectivity index is 1.78. The van der Waals surface area contributed by atoms with Gasteiger partial charge in [-0.05, 0) is 28.5 Å². The second kappa shape index (κ2) is 5.28. The molecule has 0 amide bonds. The Kier molecular flexibility index (Phi) is 3.32. The van der Waals surface area contributed by atoms with Crippen LogP contribution in [0.5, 0.6) is 5.75 Å². The fourth-order valence-corrected chi connectivity index (χ4v) is 2.36. The molecule has 0 saturated carbocycles. The summed E-state index contributed by atoms with van der Waals surface area (Å²) in [6.07, 6.45) is 0.797. The van der Waals surface area contributed by atoms with Gasteiger partial charge in [0.15, 0.2) is 5.82 Å². The predicted molar refractivity (Wildman–Crippen MR) is 68.5 cm³/mol. The van der Waals surface area contributed by atoms with E-state index in [2.05, 4.69) is 15.5 Å². The molecule has 1 N–H and O–H groups in total. The molecule has 2 heterocycles. The van der Waals surface area contributed by atoms with Gasteiger partial charge in [0.2, 0.25) is 0 Å². The van der Waals surface area contributed by atoms with Crippen molar-refractivity contribution in [3.63, 3.8) is 0 Å². The molecule has 0 bridgehead atoms. The van der Waals surface area contributed by atoms with Crippen LogP contribution in [0.25, 0.3) is 0 Å². The van der Waals surface area contributed by atoms with Crippen molar-refractivity contribution in [2.75, 3.05) is 6.61 Å². The number of rotatable bonds is 4. The lowest BCUT2D eigenvalue weighted by molar-refractivity contribution is -0.137. The third-order valence-corrected chi connectivity index (χ3v) is 3.34. The van der Waals surface area contributed by atoms with E-state index in [1.165, 1.54) is 0 Å². The number of fused-ring (bicyclic) bond motifs is 1. The molecule has 20 heavy (non-hydrogen) atoms. The largest absolute Gasteiger partial charge is 0.493 e. The normalized spacial score (nSPS) is 17.3. The van der Waals surface area contributed by atoms with Crippen LogP contribution >= 0.6 is 0 Å². The summed E-state index contributed by atoms with van der Waals surface area (Å²) in [5.74, 6) is 0.763. The molecule has 0 saturated heterocycles. The van der Waals surface area contributed by atoms with Crippen LogP contribution in [0, 0.1) is 0 Å². The van der Waals surface area contributed by atoms with Crippen molar-refractivity contribution in [1.82, 2.24) is 20.2 Å². The van der Waals surface area contributed by atoms with Gasteiger partial charge in [0.05, 0.1) is 25.5 Å². The Morgan fingerprint density at radius 1 is 1.45 bits per heavy atom. The molecule has 1 aromatic heterocycles. The van der Waals surface area contributed by atoms with Crippen LogP contribution in [-0.2, 0) is 17.8 Å². The Labute approximate surface area is 115 Å². The molecule has 1 unspecified atom stereocenters. The SMILES string of the molecule is O=C(O)CCn1nnnc1C1COc2ccccc2C1. The fourth-order valence-electron chi connectivity index (χ4n) is 2.36. The van der Waals surface area contributed by atoms with E-state index in [1.807, 2.05) is 24.3 Å². The van der Waals surface area contributed by atoms with Crippen molar-refractivity contribution in [1.29, 1.82) is 0 Å². The number of hydrogen-bond donors (Lipinski definition) is 1. The third kappa shape index (κ3) is 2.47. The summed E-state index contributed by atoms with van der Waals surface area (Å²) in [6, 6.07) is 7.87. The number of benzene rings is 1. The second-order valence-corrected chi connectivity index (χ2v) is 4.72. The van der Waals surface area contributed by atoms with E-state index in [0.29, 0.717) is 12.4 Å². The van der Waals surface area contributed by atoms with Crippen molar-refractivity contribution in [3.05, 3.63) is 35.7 Å². The molecular weight excluding hydrogens is 260 g/mol. The molecule has 0 spiro atoms. The minimum Gasteiger partial charge on any atom is -0.493 e. The number of tetrazole rings is 1. The smallest absolute Gasteiger partial charge is 0.305 e. The van der Waals surface area contributed by atoms with Crippen molar-refractivity contribution >= 4 is 5.97 Å². The third-order valence-electron chi connectivity index (χ3n) is 3.34. The van der Waals surface area contributed by atoms with Gasteiger partial charge in [0.1, 0.15) is 5.75 Å². The summed E-state index contributed by atoms with van der Waals surface area (Å²) in [6.45, 7) is 0.778. The predicted octanol–water partition coefficient (Wildman–Crippen LogP) is 0.866. The van der Waals surface area contributed by atoms with E-state index in [1.54, 1.807) is 4.68 Å². The first-order chi connectivity index (χ1) is 9.74. The molecule has 1 aromatic carbocycles. The Bertz CT molecular complexity index is 626. The summed E-state index contributed by atoms with van der Waals surface area (Å²) in [5.41, 5.74) is 1.12. The quantitative estimate of drug-likeness (QED) is 0.889. The van der Waals surface area contributed by atoms with Crippen LogP contribution in [0.4, 0.5) is 0 Å². The molecular formula is C13H14N4O3. The highest BCUT2D eigenvalue weighted by Crippen LogP contribution is 2.31. The first-order valence-electron chi connectivity index (χ1n) is 6.42. The number of carbonyl (C=O) groups is 1. The van der Waals surface area contributed by atoms with Crippen LogP contribution in [0.3, 0.4) is 0 Å². The van der Waals surface area contributed by atoms with Crippen LogP contribution < -0.4 is 4.74 Å². The van der Waals surface area contributed by atoms with Gasteiger partial charge in [-0.2, -0.15) is 0 Å². The number of aromatic nitrogens is 4. The van der Waals surface area contributed by atoms with Gasteiger partial charge < -0.3 is 9.84 Å². The van der Waals surface area contributed by atoms with Gasteiger partial charge >= 0.3 is 5.97 Å². The van der Waals surface area contributed by atoms with Gasteiger partial charge in [-0.25, -0.2) is 4.68 Å². The van der Waals surface area contributed by atoms with Gasteiger partial charge in [-0.3, -0.25) is 4.79 Å². The number of carboxylic acid groups (broad SMARTS) is 1. The summed E-state index contributed by atoms with van der Waals surface area (Å²) in [7, 11) is 0. The van der Waals surface area contributed by atoms with Crippen LogP contribution in [0.2, 0.25) is 0 Å². The summed E-state index contributed by atoms with van der Waals surface area (Å²) >= 11 is 0. The van der Waals surface area contributed by atoms with E-state index >= 15 is 0 Å². The average molecular weight is 274 g/mol. The first kappa shape index (κ1) is 12.6. The molecule has 7 heteroatoms. The lowest BCUT2D eigenvalue weighted by atomic mass is 9.96. The molecule has 0 fully saturated rings. The number of aliphatic carboxylic acids is 1. The average Bonchev–Trinajstić information content (AvgIpc) is 2.93. The summed E-state index contributed by atoms with van der Waals surface area (Å²) in [5, 5.41) is 20.3. The molecule has 1 atom stereocenters. The van der Waals surface area contributed by atoms with Gasteiger partial charge in [0.25, 0.3) is 0 Å². The van der Waals surface area contributed by atoms with E-state index < -0.39 is 5.97 Å². The lowest BCUT2D eigenvalue weighted by Crippen LogP contribution is -2.23. The highest BCUT2D eigenvalue weighted by molar-refractivity contribution is 5.66. The monoisotopic (exact) mass is 274 g/mol.